The molecule has 14 nitrogen and oxygen atoms in total. The molecule has 46 heavy (non-hydrogen) atoms. The molecule has 0 aromatic heterocycles. The van der Waals surface area contributed by atoms with Gasteiger partial charge in [-0.25, -0.2) is 9.59 Å². The third kappa shape index (κ3) is 26.2. The molecule has 0 radical (unpaired) electrons. The second-order valence-corrected chi connectivity index (χ2v) is 13.6. The van der Waals surface area contributed by atoms with E-state index in [0.717, 1.165) is 81.8 Å². The van der Waals surface area contributed by atoms with E-state index in [4.69, 9.17) is 24.5 Å². The van der Waals surface area contributed by atoms with E-state index in [-0.39, 0.29) is 33.9 Å². The molecule has 0 saturated carbocycles. The number of carbonyl (C=O) groups excluding carboxylic acids is 2. The van der Waals surface area contributed by atoms with Crippen LogP contribution in [0.5, 0.6) is 5.75 Å². The highest BCUT2D eigenvalue weighted by Gasteiger charge is 2.13. The largest absolute Gasteiger partial charge is 0.779 e. The number of nitrogens with two attached hydrogens (primary N) is 1. The van der Waals surface area contributed by atoms with Crippen molar-refractivity contribution in [2.45, 2.75) is 92.6 Å². The number of phosphoric ester groups is 1. The van der Waals surface area contributed by atoms with E-state index in [0.29, 0.717) is 31.9 Å². The number of aryl methyl sites for hydroxylation is 2. The van der Waals surface area contributed by atoms with Gasteiger partial charge in [-0.2, -0.15) is 0 Å². The van der Waals surface area contributed by atoms with Crippen molar-refractivity contribution in [2.24, 2.45) is 5.73 Å². The van der Waals surface area contributed by atoms with Gasteiger partial charge in [0.2, 0.25) is 0 Å². The van der Waals surface area contributed by atoms with Crippen molar-refractivity contribution in [2.75, 3.05) is 53.3 Å². The first-order valence-corrected chi connectivity index (χ1v) is 18.6. The molecule has 0 aliphatic heterocycles. The van der Waals surface area contributed by atoms with Gasteiger partial charge in [-0.15, -0.1) is 0 Å². The van der Waals surface area contributed by atoms with Crippen LogP contribution in [0.3, 0.4) is 0 Å². The number of ether oxygens (including phenoxy) is 3. The minimum Gasteiger partial charge on any atom is -0.779 e. The van der Waals surface area contributed by atoms with E-state index in [1.807, 2.05) is 32.9 Å². The van der Waals surface area contributed by atoms with E-state index in [1.165, 1.54) is 0 Å². The van der Waals surface area contributed by atoms with Crippen LogP contribution in [0.2, 0.25) is 0 Å². The molecule has 2 unspecified atom stereocenters. The molecule has 0 spiro atoms. The van der Waals surface area contributed by atoms with Crippen molar-refractivity contribution >= 4 is 27.5 Å². The Morgan fingerprint density at radius 1 is 0.891 bits per heavy atom. The lowest BCUT2D eigenvalue weighted by atomic mass is 10.1. The van der Waals surface area contributed by atoms with Crippen LogP contribution in [0.15, 0.2) is 12.1 Å². The smallest absolute Gasteiger partial charge is 0.407 e. The molecule has 1 aromatic carbocycles. The van der Waals surface area contributed by atoms with E-state index < -0.39 is 27.5 Å². The summed E-state index contributed by atoms with van der Waals surface area (Å²) >= 11 is 0. The van der Waals surface area contributed by atoms with E-state index >= 15 is 0 Å². The van der Waals surface area contributed by atoms with Crippen molar-refractivity contribution in [3.8, 4) is 5.75 Å². The van der Waals surface area contributed by atoms with Crippen LogP contribution in [-0.2, 0) is 43.6 Å². The summed E-state index contributed by atoms with van der Waals surface area (Å²) in [6, 6.07) is 3.63. The lowest BCUT2D eigenvalue weighted by Crippen LogP contribution is -2.25. The number of carbonyl (C=O) groups is 2. The van der Waals surface area contributed by atoms with Gasteiger partial charge in [-0.1, -0.05) is 40.0 Å². The lowest BCUT2D eigenvalue weighted by molar-refractivity contribution is -0.223. The molecule has 2 atom stereocenters. The summed E-state index contributed by atoms with van der Waals surface area (Å²) in [6.07, 6.45) is 7.03. The highest BCUT2D eigenvalue weighted by molar-refractivity contribution is 7.50. The standard InChI is InChI=1S/C22H36NO8P.C7H18NO4P.CH4/c1-5-11-28-16-20(24)31-21-17(2)13-19(14-18(21)3)15-29-22(25)23-10-8-6-7-9-12-30-32(4,26)27;1-11-13(9,10)12-7-5-3-2-4-6-8;/h13-14H,5-12,15-16H2,1-4H3,(H,23,25)(H,26,27);2-8H2,1H3,(H,9,10);1H4/p-2. The Morgan fingerprint density at radius 3 is 2.00 bits per heavy atom. The summed E-state index contributed by atoms with van der Waals surface area (Å²) in [5.41, 5.74) is 7.63. The maximum Gasteiger partial charge on any atom is 0.407 e. The summed E-state index contributed by atoms with van der Waals surface area (Å²) in [7, 11) is -6.56. The van der Waals surface area contributed by atoms with E-state index in [2.05, 4.69) is 14.4 Å². The number of rotatable bonds is 23. The number of hydrogen-bond donors (Lipinski definition) is 2. The number of amides is 1. The Morgan fingerprint density at radius 2 is 1.46 bits per heavy atom. The predicted octanol–water partition coefficient (Wildman–Crippen LogP) is 4.89. The van der Waals surface area contributed by atoms with Gasteiger partial charge in [-0.3, -0.25) is 4.57 Å². The Bertz CT molecular complexity index is 1050. The Labute approximate surface area is 275 Å². The van der Waals surface area contributed by atoms with Crippen LogP contribution in [0.25, 0.3) is 0 Å². The number of benzene rings is 1. The molecule has 0 heterocycles. The summed E-state index contributed by atoms with van der Waals surface area (Å²) < 4.78 is 50.7. The first-order valence-electron chi connectivity index (χ1n) is 15.2. The number of hydrogen-bond acceptors (Lipinski definition) is 13. The Balaban J connectivity index is 0. The van der Waals surface area contributed by atoms with Crippen LogP contribution in [0.4, 0.5) is 4.79 Å². The summed E-state index contributed by atoms with van der Waals surface area (Å²) in [4.78, 5) is 45.3. The number of alkyl carbamates (subject to hydrolysis) is 1. The van der Waals surface area contributed by atoms with Gasteiger partial charge in [0.1, 0.15) is 26.6 Å². The van der Waals surface area contributed by atoms with Gasteiger partial charge in [0.05, 0.1) is 13.2 Å². The van der Waals surface area contributed by atoms with Crippen LogP contribution < -0.4 is 25.6 Å². The number of esters is 1. The van der Waals surface area contributed by atoms with Gasteiger partial charge >= 0.3 is 12.1 Å². The second-order valence-electron chi connectivity index (χ2n) is 10.3. The van der Waals surface area contributed by atoms with E-state index in [1.54, 1.807) is 0 Å². The van der Waals surface area contributed by atoms with Crippen molar-refractivity contribution < 1.29 is 56.3 Å². The minimum atomic E-state index is -4.00. The zero-order valence-electron chi connectivity index (χ0n) is 27.3. The first-order chi connectivity index (χ1) is 21.2. The van der Waals surface area contributed by atoms with Crippen molar-refractivity contribution in [1.29, 1.82) is 0 Å². The highest BCUT2D eigenvalue weighted by Crippen LogP contribution is 2.36. The Hall–Kier alpha value is -1.86. The molecule has 0 aliphatic carbocycles. The van der Waals surface area contributed by atoms with Crippen LogP contribution >= 0.6 is 15.4 Å². The molecule has 0 aliphatic rings. The minimum absolute atomic E-state index is 0. The summed E-state index contributed by atoms with van der Waals surface area (Å²) in [5.74, 6) is 0.0435. The van der Waals surface area contributed by atoms with Crippen molar-refractivity contribution in [3.05, 3.63) is 28.8 Å². The number of nitrogens with one attached hydrogen (secondary N) is 1. The fourth-order valence-corrected chi connectivity index (χ4v) is 4.68. The average Bonchev–Trinajstić information content (AvgIpc) is 2.97. The monoisotopic (exact) mass is 698 g/mol. The summed E-state index contributed by atoms with van der Waals surface area (Å²) in [6.45, 7) is 8.72. The zero-order valence-corrected chi connectivity index (χ0v) is 29.1. The van der Waals surface area contributed by atoms with Crippen LogP contribution in [0.1, 0.15) is 88.8 Å². The molecule has 270 valence electrons. The second kappa shape index (κ2) is 27.1. The molecule has 0 bridgehead atoms. The maximum atomic E-state index is 11.9. The lowest BCUT2D eigenvalue weighted by Gasteiger charge is -2.19. The molecule has 16 heteroatoms. The van der Waals surface area contributed by atoms with Crippen LogP contribution in [0, 0.1) is 13.8 Å². The van der Waals surface area contributed by atoms with E-state index in [9.17, 15) is 28.5 Å². The summed E-state index contributed by atoms with van der Waals surface area (Å²) in [5, 5.41) is 2.69. The van der Waals surface area contributed by atoms with Gasteiger partial charge in [0, 0.05) is 26.9 Å². The van der Waals surface area contributed by atoms with Gasteiger partial charge in [-0.05, 0) is 81.3 Å². The zero-order chi connectivity index (χ0) is 34.1. The first kappa shape index (κ1) is 46.3. The Kier molecular flexibility index (Phi) is 27.3. The fraction of sp³-hybridized carbons (Fsp3) is 0.733. The van der Waals surface area contributed by atoms with Gasteiger partial charge in [0.15, 0.2) is 0 Å². The third-order valence-electron chi connectivity index (χ3n) is 5.91. The molecule has 1 aromatic rings. The molecule has 3 N–H and O–H groups in total. The normalized spacial score (nSPS) is 13.3. The molecule has 0 fully saturated rings. The topological polar surface area (TPSA) is 208 Å². The van der Waals surface area contributed by atoms with Crippen LogP contribution in [-0.4, -0.2) is 65.4 Å². The van der Waals surface area contributed by atoms with Crippen molar-refractivity contribution in [3.63, 3.8) is 0 Å². The van der Waals surface area contributed by atoms with Gasteiger partial charge in [0.25, 0.3) is 7.82 Å². The maximum absolute atomic E-state index is 11.9. The molecular weight excluding hydrogens is 642 g/mol. The molecule has 0 saturated heterocycles. The highest BCUT2D eigenvalue weighted by atomic mass is 31.2. The molecule has 1 rings (SSSR count). The number of unbranched alkanes of at least 4 members (excludes halogenated alkanes) is 6. The molecule has 1 amide bonds. The predicted molar refractivity (Wildman–Crippen MR) is 174 cm³/mol. The van der Waals surface area contributed by atoms with Crippen molar-refractivity contribution in [1.82, 2.24) is 5.32 Å². The third-order valence-corrected chi connectivity index (χ3v) is 7.51. The average molecular weight is 699 g/mol. The quantitative estimate of drug-likeness (QED) is 0.0676. The van der Waals surface area contributed by atoms with Gasteiger partial charge < -0.3 is 53.2 Å². The number of phosphoric acid groups is 1. The SMILES string of the molecule is C.CCCOCC(=O)Oc1c(C)cc(COC(=O)NCCCCCCOP(C)(=O)[O-])cc1C.COP(=O)([O-])OCCCCCCN. The molecular formula is C30H56N2O12P2-2. The fourth-order valence-electron chi connectivity index (χ4n) is 3.76.